The van der Waals surface area contributed by atoms with Gasteiger partial charge in [-0.2, -0.15) is 23.5 Å². The predicted octanol–water partition coefficient (Wildman–Crippen LogP) is 1.36. The number of nitrogen functional groups attached to an aromatic ring is 1. The van der Waals surface area contributed by atoms with Crippen molar-refractivity contribution < 1.29 is 23.1 Å². The van der Waals surface area contributed by atoms with Crippen LogP contribution in [0.15, 0.2) is 30.6 Å². The number of nitriles is 1. The third-order valence-electron chi connectivity index (χ3n) is 3.03. The molecule has 0 aliphatic rings. The lowest BCUT2D eigenvalue weighted by molar-refractivity contribution is -0.137. The van der Waals surface area contributed by atoms with Gasteiger partial charge in [-0.15, -0.1) is 0 Å². The fraction of sp³-hybridized carbons (Fsp3) is 0.214. The van der Waals surface area contributed by atoms with Crippen molar-refractivity contribution in [1.29, 1.82) is 5.26 Å². The molecule has 0 saturated heterocycles. The van der Waals surface area contributed by atoms with E-state index in [9.17, 15) is 23.1 Å². The Labute approximate surface area is 134 Å². The third-order valence-corrected chi connectivity index (χ3v) is 3.03. The number of aromatic nitrogens is 2. The second-order valence-corrected chi connectivity index (χ2v) is 4.87. The Morgan fingerprint density at radius 1 is 1.50 bits per heavy atom. The summed E-state index contributed by atoms with van der Waals surface area (Å²) in [7, 11) is 0. The minimum atomic E-state index is -4.74. The van der Waals surface area contributed by atoms with Gasteiger partial charge < -0.3 is 16.2 Å². The van der Waals surface area contributed by atoms with Gasteiger partial charge in [0.2, 0.25) is 0 Å². The van der Waals surface area contributed by atoms with Crippen LogP contribution in [0.25, 0.3) is 0 Å². The van der Waals surface area contributed by atoms with Crippen LogP contribution in [0.5, 0.6) is 0 Å². The average Bonchev–Trinajstić information content (AvgIpc) is 2.91. The number of hydrogen-bond donors (Lipinski definition) is 3. The Hall–Kier alpha value is -3.06. The number of nitrogens with one attached hydrogen (secondary N) is 1. The van der Waals surface area contributed by atoms with Crippen LogP contribution < -0.4 is 11.1 Å². The second-order valence-electron chi connectivity index (χ2n) is 4.87. The smallest absolute Gasteiger partial charge is 0.396 e. The third kappa shape index (κ3) is 4.02. The molecule has 1 atom stereocenters. The Morgan fingerprint density at radius 2 is 2.21 bits per heavy atom. The number of anilines is 2. The minimum Gasteiger partial charge on any atom is -0.396 e. The van der Waals surface area contributed by atoms with Crippen LogP contribution in [-0.4, -0.2) is 26.9 Å². The van der Waals surface area contributed by atoms with Crippen LogP contribution in [0.4, 0.5) is 24.5 Å². The van der Waals surface area contributed by atoms with Gasteiger partial charge >= 0.3 is 6.18 Å². The number of aliphatic hydroxyl groups excluding tert-OH is 1. The molecule has 1 heterocycles. The zero-order chi connectivity index (χ0) is 17.9. The van der Waals surface area contributed by atoms with Gasteiger partial charge in [0.1, 0.15) is 0 Å². The van der Waals surface area contributed by atoms with Crippen LogP contribution >= 0.6 is 0 Å². The Morgan fingerprint density at radius 3 is 2.75 bits per heavy atom. The fourth-order valence-electron chi connectivity index (χ4n) is 1.92. The number of alkyl halides is 3. The SMILES string of the molecule is N#Cc1ccc(NC(=O)C(O)Cn2cc(N)cn2)cc1C(F)(F)F. The maximum Gasteiger partial charge on any atom is 0.417 e. The number of carbonyl (C=O) groups is 1. The topological polar surface area (TPSA) is 117 Å². The number of hydrogen-bond acceptors (Lipinski definition) is 5. The van der Waals surface area contributed by atoms with Crippen molar-refractivity contribution in [2.75, 3.05) is 11.1 Å². The van der Waals surface area contributed by atoms with Crippen LogP contribution in [-0.2, 0) is 17.5 Å². The van der Waals surface area contributed by atoms with E-state index in [-0.39, 0.29) is 12.2 Å². The van der Waals surface area contributed by atoms with E-state index < -0.39 is 29.3 Å². The summed E-state index contributed by atoms with van der Waals surface area (Å²) in [4.78, 5) is 11.9. The first kappa shape index (κ1) is 17.3. The number of rotatable bonds is 4. The molecule has 0 aliphatic carbocycles. The van der Waals surface area contributed by atoms with E-state index in [2.05, 4.69) is 10.4 Å². The summed E-state index contributed by atoms with van der Waals surface area (Å²) in [5, 5.41) is 24.4. The Balaban J connectivity index is 2.12. The van der Waals surface area contributed by atoms with Crippen LogP contribution in [0.1, 0.15) is 11.1 Å². The van der Waals surface area contributed by atoms with E-state index in [0.29, 0.717) is 11.8 Å². The fourth-order valence-corrected chi connectivity index (χ4v) is 1.92. The van der Waals surface area contributed by atoms with Gasteiger partial charge in [0.25, 0.3) is 5.91 Å². The molecule has 1 aromatic carbocycles. The van der Waals surface area contributed by atoms with Gasteiger partial charge in [-0.25, -0.2) is 0 Å². The maximum atomic E-state index is 12.9. The van der Waals surface area contributed by atoms with Crippen LogP contribution in [0.3, 0.4) is 0 Å². The lowest BCUT2D eigenvalue weighted by atomic mass is 10.1. The summed E-state index contributed by atoms with van der Waals surface area (Å²) in [6.07, 6.45) is -3.58. The molecule has 0 radical (unpaired) electrons. The lowest BCUT2D eigenvalue weighted by Crippen LogP contribution is -2.31. The van der Waals surface area contributed by atoms with Crippen LogP contribution in [0.2, 0.25) is 0 Å². The molecular weight excluding hydrogens is 327 g/mol. The number of nitrogens with two attached hydrogens (primary N) is 1. The van der Waals surface area contributed by atoms with Gasteiger partial charge in [0, 0.05) is 11.9 Å². The van der Waals surface area contributed by atoms with E-state index in [1.165, 1.54) is 23.1 Å². The van der Waals surface area contributed by atoms with Gasteiger partial charge in [-0.05, 0) is 18.2 Å². The molecule has 2 aromatic rings. The molecule has 126 valence electrons. The lowest BCUT2D eigenvalue weighted by Gasteiger charge is -2.14. The largest absolute Gasteiger partial charge is 0.417 e. The monoisotopic (exact) mass is 339 g/mol. The maximum absolute atomic E-state index is 12.9. The standard InChI is InChI=1S/C14H12F3N5O2/c15-14(16,17)11-3-10(2-1-8(11)4-18)21-13(24)12(23)7-22-6-9(19)5-20-22/h1-3,5-6,12,23H,7,19H2,(H,21,24). The molecule has 0 saturated carbocycles. The molecule has 7 nitrogen and oxygen atoms in total. The van der Waals surface area contributed by atoms with Crippen molar-refractivity contribution in [2.45, 2.75) is 18.8 Å². The number of nitrogens with zero attached hydrogens (tertiary/aromatic N) is 3. The summed E-state index contributed by atoms with van der Waals surface area (Å²) in [5.41, 5.74) is 3.86. The van der Waals surface area contributed by atoms with E-state index in [0.717, 1.165) is 12.1 Å². The van der Waals surface area contributed by atoms with E-state index >= 15 is 0 Å². The van der Waals surface area contributed by atoms with Gasteiger partial charge in [-0.3, -0.25) is 9.48 Å². The van der Waals surface area contributed by atoms with Crippen molar-refractivity contribution in [3.63, 3.8) is 0 Å². The molecular formula is C14H12F3N5O2. The van der Waals surface area contributed by atoms with Gasteiger partial charge in [0.15, 0.2) is 6.10 Å². The highest BCUT2D eigenvalue weighted by Crippen LogP contribution is 2.33. The number of benzene rings is 1. The van der Waals surface area contributed by atoms with Crippen LogP contribution in [0, 0.1) is 11.3 Å². The van der Waals surface area contributed by atoms with Crippen molar-refractivity contribution in [2.24, 2.45) is 0 Å². The highest BCUT2D eigenvalue weighted by molar-refractivity contribution is 5.94. The first-order valence-electron chi connectivity index (χ1n) is 6.59. The molecule has 0 bridgehead atoms. The number of amides is 1. The summed E-state index contributed by atoms with van der Waals surface area (Å²) in [6, 6.07) is 4.16. The van der Waals surface area contributed by atoms with E-state index in [4.69, 9.17) is 11.0 Å². The summed E-state index contributed by atoms with van der Waals surface area (Å²) in [5.74, 6) is -0.915. The number of carbonyl (C=O) groups excluding carboxylic acids is 1. The summed E-state index contributed by atoms with van der Waals surface area (Å²) in [6.45, 7) is -0.217. The summed E-state index contributed by atoms with van der Waals surface area (Å²) < 4.78 is 39.8. The van der Waals surface area contributed by atoms with Crippen molar-refractivity contribution in [3.05, 3.63) is 41.7 Å². The number of halogens is 3. The molecule has 1 aromatic heterocycles. The summed E-state index contributed by atoms with van der Waals surface area (Å²) >= 11 is 0. The molecule has 10 heteroatoms. The quantitative estimate of drug-likeness (QED) is 0.777. The molecule has 1 amide bonds. The zero-order valence-corrected chi connectivity index (χ0v) is 12.1. The molecule has 1 unspecified atom stereocenters. The first-order valence-corrected chi connectivity index (χ1v) is 6.59. The van der Waals surface area contributed by atoms with Crippen molar-refractivity contribution >= 4 is 17.3 Å². The first-order chi connectivity index (χ1) is 11.2. The zero-order valence-electron chi connectivity index (χ0n) is 12.1. The molecule has 24 heavy (non-hydrogen) atoms. The minimum absolute atomic E-state index is 0.189. The van der Waals surface area contributed by atoms with Crippen molar-refractivity contribution in [1.82, 2.24) is 9.78 Å². The molecule has 4 N–H and O–H groups in total. The van der Waals surface area contributed by atoms with Crippen molar-refractivity contribution in [3.8, 4) is 6.07 Å². The number of aliphatic hydroxyl groups is 1. The highest BCUT2D eigenvalue weighted by Gasteiger charge is 2.34. The average molecular weight is 339 g/mol. The normalized spacial score (nSPS) is 12.5. The van der Waals surface area contributed by atoms with Gasteiger partial charge in [0.05, 0.1) is 35.6 Å². The molecule has 0 fully saturated rings. The Kier molecular flexibility index (Phi) is 4.75. The molecule has 0 spiro atoms. The van der Waals surface area contributed by atoms with Gasteiger partial charge in [-0.1, -0.05) is 0 Å². The predicted molar refractivity (Wildman–Crippen MR) is 77.4 cm³/mol. The second kappa shape index (κ2) is 6.59. The Bertz CT molecular complexity index is 794. The molecule has 0 aliphatic heterocycles. The highest BCUT2D eigenvalue weighted by atomic mass is 19.4. The molecule has 2 rings (SSSR count). The van der Waals surface area contributed by atoms with E-state index in [1.807, 2.05) is 0 Å². The van der Waals surface area contributed by atoms with E-state index in [1.54, 1.807) is 0 Å².